The van der Waals surface area contributed by atoms with Crippen LogP contribution in [-0.2, 0) is 20.6 Å². The number of aromatic nitrogens is 1. The van der Waals surface area contributed by atoms with Crippen LogP contribution in [0.4, 0.5) is 15.8 Å². The SMILES string of the molecule is CCN1C(=O)CC(C)c2cc(NS(=O)(=O)Cc3ccc(Cl)cn3)cc(F)c21. The van der Waals surface area contributed by atoms with Crippen LogP contribution >= 0.6 is 11.6 Å². The van der Waals surface area contributed by atoms with Gasteiger partial charge in [0, 0.05) is 25.2 Å². The zero-order chi connectivity index (χ0) is 19.8. The summed E-state index contributed by atoms with van der Waals surface area (Å²) in [5.74, 6) is -1.33. The van der Waals surface area contributed by atoms with Gasteiger partial charge in [-0.3, -0.25) is 14.5 Å². The first-order valence-corrected chi connectivity index (χ1v) is 10.5. The van der Waals surface area contributed by atoms with Crippen molar-refractivity contribution in [3.05, 3.63) is 52.6 Å². The number of benzene rings is 1. The first-order valence-electron chi connectivity index (χ1n) is 8.45. The summed E-state index contributed by atoms with van der Waals surface area (Å²) in [6, 6.07) is 5.75. The molecular weight excluding hydrogens is 393 g/mol. The average Bonchev–Trinajstić information content (AvgIpc) is 2.57. The highest BCUT2D eigenvalue weighted by molar-refractivity contribution is 7.91. The third-order valence-electron chi connectivity index (χ3n) is 4.39. The molecule has 1 N–H and O–H groups in total. The topological polar surface area (TPSA) is 79.4 Å². The van der Waals surface area contributed by atoms with Crippen molar-refractivity contribution in [1.82, 2.24) is 4.98 Å². The molecule has 1 aromatic heterocycles. The van der Waals surface area contributed by atoms with E-state index in [9.17, 15) is 17.6 Å². The smallest absolute Gasteiger partial charge is 0.238 e. The number of sulfonamides is 1. The lowest BCUT2D eigenvalue weighted by molar-refractivity contribution is -0.119. The van der Waals surface area contributed by atoms with Gasteiger partial charge in [0.05, 0.1) is 22.1 Å². The van der Waals surface area contributed by atoms with E-state index in [1.54, 1.807) is 19.1 Å². The number of rotatable bonds is 5. The van der Waals surface area contributed by atoms with Gasteiger partial charge in [-0.1, -0.05) is 18.5 Å². The van der Waals surface area contributed by atoms with Crippen LogP contribution in [0.1, 0.15) is 37.4 Å². The molecule has 0 bridgehead atoms. The second-order valence-electron chi connectivity index (χ2n) is 6.47. The fourth-order valence-electron chi connectivity index (χ4n) is 3.18. The number of halogens is 2. The Morgan fingerprint density at radius 3 is 2.74 bits per heavy atom. The molecule has 6 nitrogen and oxygen atoms in total. The third-order valence-corrected chi connectivity index (χ3v) is 5.84. The molecule has 1 aliphatic rings. The molecule has 1 amide bonds. The van der Waals surface area contributed by atoms with Gasteiger partial charge in [0.15, 0.2) is 0 Å². The van der Waals surface area contributed by atoms with Gasteiger partial charge in [0.25, 0.3) is 0 Å². The molecule has 1 atom stereocenters. The molecule has 2 aromatic rings. The van der Waals surface area contributed by atoms with E-state index >= 15 is 0 Å². The number of fused-ring (bicyclic) bond motifs is 1. The van der Waals surface area contributed by atoms with Crippen LogP contribution in [0, 0.1) is 5.82 Å². The first-order chi connectivity index (χ1) is 12.7. The maximum absolute atomic E-state index is 14.7. The largest absolute Gasteiger partial charge is 0.310 e. The van der Waals surface area contributed by atoms with Crippen molar-refractivity contribution in [3.8, 4) is 0 Å². The summed E-state index contributed by atoms with van der Waals surface area (Å²) in [6.45, 7) is 3.94. The van der Waals surface area contributed by atoms with Gasteiger partial charge in [0.2, 0.25) is 15.9 Å². The molecule has 2 heterocycles. The number of hydrogen-bond donors (Lipinski definition) is 1. The number of nitrogens with zero attached hydrogens (tertiary/aromatic N) is 2. The van der Waals surface area contributed by atoms with Gasteiger partial charge < -0.3 is 4.90 Å². The number of nitrogens with one attached hydrogen (secondary N) is 1. The third kappa shape index (κ3) is 4.22. The Balaban J connectivity index is 1.90. The van der Waals surface area contributed by atoms with Crippen LogP contribution in [0.2, 0.25) is 5.02 Å². The number of hydrogen-bond acceptors (Lipinski definition) is 4. The van der Waals surface area contributed by atoms with Crippen LogP contribution in [0.5, 0.6) is 0 Å². The van der Waals surface area contributed by atoms with Crippen molar-refractivity contribution in [2.75, 3.05) is 16.2 Å². The van der Waals surface area contributed by atoms with E-state index in [4.69, 9.17) is 11.6 Å². The fourth-order valence-corrected chi connectivity index (χ4v) is 4.40. The number of pyridine rings is 1. The van der Waals surface area contributed by atoms with E-state index in [0.717, 1.165) is 6.07 Å². The second kappa shape index (κ2) is 7.44. The average molecular weight is 412 g/mol. The number of carbonyl (C=O) groups excluding carboxylic acids is 1. The zero-order valence-electron chi connectivity index (χ0n) is 14.9. The highest BCUT2D eigenvalue weighted by Gasteiger charge is 2.31. The molecule has 0 saturated carbocycles. The normalized spacial score (nSPS) is 17.0. The highest BCUT2D eigenvalue weighted by atomic mass is 35.5. The van der Waals surface area contributed by atoms with Crippen molar-refractivity contribution in [2.24, 2.45) is 0 Å². The Kier molecular flexibility index (Phi) is 5.39. The molecule has 0 aliphatic carbocycles. The second-order valence-corrected chi connectivity index (χ2v) is 8.63. The first kappa shape index (κ1) is 19.6. The zero-order valence-corrected chi connectivity index (χ0v) is 16.4. The molecule has 3 rings (SSSR count). The minimum atomic E-state index is -3.79. The standard InChI is InChI=1S/C18H19ClFN3O3S/c1-3-23-17(24)6-11(2)15-7-14(8-16(20)18(15)23)22-27(25,26)10-13-5-4-12(19)9-21-13/h4-5,7-9,11,22H,3,6,10H2,1-2H3. The minimum absolute atomic E-state index is 0.123. The van der Waals surface area contributed by atoms with Crippen molar-refractivity contribution < 1.29 is 17.6 Å². The summed E-state index contributed by atoms with van der Waals surface area (Å²) in [6.07, 6.45) is 1.62. The fraction of sp³-hybridized carbons (Fsp3) is 0.333. The lowest BCUT2D eigenvalue weighted by atomic mass is 9.90. The van der Waals surface area contributed by atoms with E-state index in [1.807, 2.05) is 6.92 Å². The molecule has 27 heavy (non-hydrogen) atoms. The monoisotopic (exact) mass is 411 g/mol. The van der Waals surface area contributed by atoms with Gasteiger partial charge in [0.1, 0.15) is 11.6 Å². The quantitative estimate of drug-likeness (QED) is 0.813. The summed E-state index contributed by atoms with van der Waals surface area (Å²) in [4.78, 5) is 17.5. The maximum atomic E-state index is 14.7. The Morgan fingerprint density at radius 1 is 1.37 bits per heavy atom. The number of amides is 1. The molecule has 1 aliphatic heterocycles. The molecule has 0 radical (unpaired) electrons. The molecular formula is C18H19ClFN3O3S. The number of carbonyl (C=O) groups is 1. The van der Waals surface area contributed by atoms with E-state index in [1.165, 1.54) is 17.2 Å². The Hall–Kier alpha value is -2.19. The van der Waals surface area contributed by atoms with Gasteiger partial charge >= 0.3 is 0 Å². The predicted molar refractivity (Wildman–Crippen MR) is 103 cm³/mol. The Morgan fingerprint density at radius 2 is 2.11 bits per heavy atom. The lowest BCUT2D eigenvalue weighted by Gasteiger charge is -2.32. The maximum Gasteiger partial charge on any atom is 0.238 e. The van der Waals surface area contributed by atoms with Gasteiger partial charge in [-0.2, -0.15) is 0 Å². The van der Waals surface area contributed by atoms with Gasteiger partial charge in [-0.05, 0) is 36.6 Å². The van der Waals surface area contributed by atoms with E-state index < -0.39 is 15.8 Å². The molecule has 0 saturated heterocycles. The molecule has 1 unspecified atom stereocenters. The summed E-state index contributed by atoms with van der Waals surface area (Å²) in [7, 11) is -3.79. The van der Waals surface area contributed by atoms with Crippen LogP contribution in [-0.4, -0.2) is 25.9 Å². The van der Waals surface area contributed by atoms with E-state index in [0.29, 0.717) is 22.8 Å². The Bertz CT molecular complexity index is 980. The molecule has 0 fully saturated rings. The summed E-state index contributed by atoms with van der Waals surface area (Å²) in [5, 5.41) is 0.407. The van der Waals surface area contributed by atoms with Crippen LogP contribution < -0.4 is 9.62 Å². The summed E-state index contributed by atoms with van der Waals surface area (Å²) >= 11 is 5.75. The van der Waals surface area contributed by atoms with E-state index in [-0.39, 0.29) is 35.4 Å². The van der Waals surface area contributed by atoms with Crippen LogP contribution in [0.15, 0.2) is 30.5 Å². The van der Waals surface area contributed by atoms with E-state index in [2.05, 4.69) is 9.71 Å². The molecule has 0 spiro atoms. The predicted octanol–water partition coefficient (Wildman–Crippen LogP) is 3.68. The van der Waals surface area contributed by atoms with Crippen LogP contribution in [0.3, 0.4) is 0 Å². The van der Waals surface area contributed by atoms with Gasteiger partial charge in [-0.15, -0.1) is 0 Å². The van der Waals surface area contributed by atoms with Crippen LogP contribution in [0.25, 0.3) is 0 Å². The Labute approximate surface area is 162 Å². The number of anilines is 2. The summed E-state index contributed by atoms with van der Waals surface area (Å²) < 4.78 is 41.9. The highest BCUT2D eigenvalue weighted by Crippen LogP contribution is 2.39. The minimum Gasteiger partial charge on any atom is -0.310 e. The summed E-state index contributed by atoms with van der Waals surface area (Å²) in [5.41, 5.74) is 1.28. The molecule has 1 aromatic carbocycles. The van der Waals surface area contributed by atoms with Gasteiger partial charge in [-0.25, -0.2) is 12.8 Å². The lowest BCUT2D eigenvalue weighted by Crippen LogP contribution is -2.36. The van der Waals surface area contributed by atoms with Crippen molar-refractivity contribution in [1.29, 1.82) is 0 Å². The van der Waals surface area contributed by atoms with Crippen molar-refractivity contribution >= 4 is 38.9 Å². The molecule has 144 valence electrons. The molecule has 9 heteroatoms. The van der Waals surface area contributed by atoms with Crippen molar-refractivity contribution in [3.63, 3.8) is 0 Å². The van der Waals surface area contributed by atoms with Crippen molar-refractivity contribution in [2.45, 2.75) is 31.9 Å².